The number of aromatic nitrogens is 2. The summed E-state index contributed by atoms with van der Waals surface area (Å²) < 4.78 is 0. The first-order valence-electron chi connectivity index (χ1n) is 6.27. The van der Waals surface area contributed by atoms with Gasteiger partial charge in [0.2, 0.25) is 0 Å². The molecule has 3 rings (SSSR count). The molecule has 1 N–H and O–H groups in total. The van der Waals surface area contributed by atoms with Crippen LogP contribution in [0.2, 0.25) is 0 Å². The Bertz CT molecular complexity index is 648. The average molecular weight is 287 g/mol. The lowest BCUT2D eigenvalue weighted by molar-refractivity contribution is -0.107. The van der Waals surface area contributed by atoms with Gasteiger partial charge in [-0.25, -0.2) is 9.97 Å². The summed E-state index contributed by atoms with van der Waals surface area (Å²) in [7, 11) is 0. The van der Waals surface area contributed by atoms with E-state index in [1.54, 1.807) is 17.3 Å². The van der Waals surface area contributed by atoms with E-state index in [1.165, 1.54) is 11.8 Å². The first-order chi connectivity index (χ1) is 9.83. The zero-order valence-corrected chi connectivity index (χ0v) is 11.5. The fourth-order valence-electron chi connectivity index (χ4n) is 2.18. The van der Waals surface area contributed by atoms with Crippen molar-refractivity contribution in [2.75, 3.05) is 11.6 Å². The number of aryl methyl sites for hydroxylation is 1. The van der Waals surface area contributed by atoms with Crippen LogP contribution >= 0.6 is 11.8 Å². The van der Waals surface area contributed by atoms with Crippen molar-refractivity contribution in [2.45, 2.75) is 22.8 Å². The number of rotatable bonds is 4. The maximum absolute atomic E-state index is 10.5. The molecule has 0 amide bonds. The van der Waals surface area contributed by atoms with Gasteiger partial charge in [-0.3, -0.25) is 4.90 Å². The van der Waals surface area contributed by atoms with Gasteiger partial charge in [0.05, 0.1) is 5.69 Å². The third-order valence-electron chi connectivity index (χ3n) is 3.12. The molecule has 0 fully saturated rings. The first kappa shape index (κ1) is 13.1. The molecule has 0 bridgehead atoms. The Kier molecular flexibility index (Phi) is 3.66. The highest BCUT2D eigenvalue weighted by Gasteiger charge is 2.25. The van der Waals surface area contributed by atoms with E-state index in [2.05, 4.69) is 9.97 Å². The molecular formula is C14H13N3O2S. The number of aldehydes is 1. The topological polar surface area (TPSA) is 66.3 Å². The largest absolute Gasteiger partial charge is 0.376 e. The molecule has 2 heterocycles. The summed E-state index contributed by atoms with van der Waals surface area (Å²) in [6.45, 7) is -0.156. The molecule has 1 aromatic heterocycles. The molecule has 6 heteroatoms. The molecule has 0 unspecified atom stereocenters. The number of nitrogens with zero attached hydrogens (tertiary/aromatic N) is 3. The van der Waals surface area contributed by atoms with E-state index in [0.717, 1.165) is 27.5 Å². The van der Waals surface area contributed by atoms with E-state index >= 15 is 0 Å². The lowest BCUT2D eigenvalue weighted by Gasteiger charge is -2.29. The van der Waals surface area contributed by atoms with Crippen molar-refractivity contribution >= 4 is 29.6 Å². The van der Waals surface area contributed by atoms with Crippen molar-refractivity contribution in [3.8, 4) is 0 Å². The van der Waals surface area contributed by atoms with Gasteiger partial charge in [0.25, 0.3) is 0 Å². The summed E-state index contributed by atoms with van der Waals surface area (Å²) in [4.78, 5) is 21.8. The Morgan fingerprint density at radius 1 is 1.30 bits per heavy atom. The lowest BCUT2D eigenvalue weighted by atomic mass is 10.1. The molecule has 0 atom stereocenters. The normalized spacial score (nSPS) is 12.8. The van der Waals surface area contributed by atoms with Crippen molar-refractivity contribution in [3.63, 3.8) is 0 Å². The van der Waals surface area contributed by atoms with Gasteiger partial charge in [-0.15, -0.1) is 0 Å². The molecule has 0 saturated heterocycles. The second kappa shape index (κ2) is 5.60. The minimum absolute atomic E-state index is 0.156. The number of fused-ring (bicyclic) bond motifs is 2. The van der Waals surface area contributed by atoms with Crippen LogP contribution in [-0.2, 0) is 11.2 Å². The van der Waals surface area contributed by atoms with Crippen LogP contribution in [0.1, 0.15) is 12.0 Å². The minimum Gasteiger partial charge on any atom is -0.376 e. The number of hydrogen-bond acceptors (Lipinski definition) is 6. The molecule has 0 aliphatic carbocycles. The molecule has 0 saturated carbocycles. The minimum atomic E-state index is -0.156. The first-order valence-corrected chi connectivity index (χ1v) is 7.09. The Hall–Kier alpha value is -1.92. The molecule has 1 aromatic carbocycles. The Labute approximate surface area is 120 Å². The Morgan fingerprint density at radius 2 is 2.15 bits per heavy atom. The SMILES string of the molecule is O=CCCc1ccc2c(c1)N(CO)c1nccnc1S2. The van der Waals surface area contributed by atoms with Gasteiger partial charge in [0.1, 0.15) is 18.0 Å². The van der Waals surface area contributed by atoms with Gasteiger partial charge in [-0.05, 0) is 24.1 Å². The third kappa shape index (κ3) is 2.28. The molecular weight excluding hydrogens is 274 g/mol. The van der Waals surface area contributed by atoms with E-state index < -0.39 is 0 Å². The number of aliphatic hydroxyl groups excluding tert-OH is 1. The molecule has 2 aromatic rings. The Balaban J connectivity index is 2.02. The highest BCUT2D eigenvalue weighted by Crippen LogP contribution is 2.45. The fraction of sp³-hybridized carbons (Fsp3) is 0.214. The van der Waals surface area contributed by atoms with Gasteiger partial charge in [-0.1, -0.05) is 17.8 Å². The predicted molar refractivity (Wildman–Crippen MR) is 76.2 cm³/mol. The van der Waals surface area contributed by atoms with Crippen LogP contribution in [0, 0.1) is 0 Å². The molecule has 20 heavy (non-hydrogen) atoms. The van der Waals surface area contributed by atoms with E-state index in [-0.39, 0.29) is 6.73 Å². The highest BCUT2D eigenvalue weighted by atomic mass is 32.2. The van der Waals surface area contributed by atoms with Gasteiger partial charge >= 0.3 is 0 Å². The van der Waals surface area contributed by atoms with Crippen LogP contribution < -0.4 is 4.90 Å². The van der Waals surface area contributed by atoms with Gasteiger partial charge in [0.15, 0.2) is 5.82 Å². The Morgan fingerprint density at radius 3 is 2.95 bits per heavy atom. The zero-order valence-electron chi connectivity index (χ0n) is 10.7. The van der Waals surface area contributed by atoms with Crippen LogP contribution in [0.25, 0.3) is 0 Å². The van der Waals surface area contributed by atoms with Crippen molar-refractivity contribution in [1.82, 2.24) is 9.97 Å². The monoisotopic (exact) mass is 287 g/mol. The summed E-state index contributed by atoms with van der Waals surface area (Å²) in [6, 6.07) is 6.01. The van der Waals surface area contributed by atoms with Crippen LogP contribution in [0.4, 0.5) is 11.5 Å². The van der Waals surface area contributed by atoms with E-state index in [1.807, 2.05) is 18.2 Å². The van der Waals surface area contributed by atoms with Crippen molar-refractivity contribution < 1.29 is 9.90 Å². The summed E-state index contributed by atoms with van der Waals surface area (Å²) in [6.07, 6.45) is 5.38. The molecule has 0 spiro atoms. The average Bonchev–Trinajstić information content (AvgIpc) is 2.50. The van der Waals surface area contributed by atoms with Crippen LogP contribution in [0.15, 0.2) is 40.5 Å². The predicted octanol–water partition coefficient (Wildman–Crippen LogP) is 2.16. The van der Waals surface area contributed by atoms with E-state index in [9.17, 15) is 9.90 Å². The summed E-state index contributed by atoms with van der Waals surface area (Å²) >= 11 is 1.54. The summed E-state index contributed by atoms with van der Waals surface area (Å²) in [5, 5.41) is 10.4. The summed E-state index contributed by atoms with van der Waals surface area (Å²) in [5.74, 6) is 0.667. The van der Waals surface area contributed by atoms with Crippen molar-refractivity contribution in [1.29, 1.82) is 0 Å². The van der Waals surface area contributed by atoms with Gasteiger partial charge in [-0.2, -0.15) is 0 Å². The zero-order chi connectivity index (χ0) is 13.9. The van der Waals surface area contributed by atoms with Crippen LogP contribution in [0.5, 0.6) is 0 Å². The van der Waals surface area contributed by atoms with Gasteiger partial charge in [0, 0.05) is 23.7 Å². The van der Waals surface area contributed by atoms with E-state index in [0.29, 0.717) is 18.7 Å². The number of carbonyl (C=O) groups is 1. The fourth-order valence-corrected chi connectivity index (χ4v) is 3.16. The lowest BCUT2D eigenvalue weighted by Crippen LogP contribution is -2.23. The third-order valence-corrected chi connectivity index (χ3v) is 4.16. The van der Waals surface area contributed by atoms with Crippen LogP contribution in [0.3, 0.4) is 0 Å². The number of benzene rings is 1. The second-order valence-electron chi connectivity index (χ2n) is 4.36. The standard InChI is InChI=1S/C14H13N3O2S/c18-7-1-2-10-3-4-12-11(8-10)17(9-19)13-14(20-12)16-6-5-15-13/h3-8,19H,1-2,9H2. The van der Waals surface area contributed by atoms with Crippen molar-refractivity contribution in [2.24, 2.45) is 0 Å². The molecule has 1 aliphatic rings. The second-order valence-corrected chi connectivity index (χ2v) is 5.39. The maximum atomic E-state index is 10.5. The number of aliphatic hydroxyl groups is 1. The quantitative estimate of drug-likeness (QED) is 0.869. The van der Waals surface area contributed by atoms with E-state index in [4.69, 9.17) is 0 Å². The summed E-state index contributed by atoms with van der Waals surface area (Å²) in [5.41, 5.74) is 1.98. The molecule has 1 aliphatic heterocycles. The molecule has 5 nitrogen and oxygen atoms in total. The molecule has 102 valence electrons. The highest BCUT2D eigenvalue weighted by molar-refractivity contribution is 7.99. The number of anilines is 2. The smallest absolute Gasteiger partial charge is 0.168 e. The van der Waals surface area contributed by atoms with Gasteiger partial charge < -0.3 is 9.90 Å². The van der Waals surface area contributed by atoms with Crippen LogP contribution in [-0.4, -0.2) is 28.1 Å². The number of carbonyl (C=O) groups excluding carboxylic acids is 1. The molecule has 0 radical (unpaired) electrons. The van der Waals surface area contributed by atoms with Crippen molar-refractivity contribution in [3.05, 3.63) is 36.2 Å². The maximum Gasteiger partial charge on any atom is 0.168 e. The number of hydrogen-bond donors (Lipinski definition) is 1.